The Bertz CT molecular complexity index is 418. The molecule has 1 rings (SSSR count). The highest BCUT2D eigenvalue weighted by molar-refractivity contribution is 7.90. The molecule has 10 nitrogen and oxygen atoms in total. The van der Waals surface area contributed by atoms with E-state index >= 15 is 0 Å². The standard InChI is InChI=1S/C11H23NO9S/c1-19-4-5-20-3-2-12-22(17,18)11-9(16)8(15)10(21-11)7(14)6-13/h7-16H,2-6H2,1H3/t7-,8-,9-,10+,11+/m1/s1. The molecular formula is C11H23NO9S. The smallest absolute Gasteiger partial charge is 0.241 e. The van der Waals surface area contributed by atoms with Crippen molar-refractivity contribution in [1.29, 1.82) is 0 Å². The quantitative estimate of drug-likeness (QED) is 0.252. The molecule has 132 valence electrons. The summed E-state index contributed by atoms with van der Waals surface area (Å²) in [6.45, 7) is -0.00500. The monoisotopic (exact) mass is 345 g/mol. The molecule has 0 saturated carbocycles. The van der Waals surface area contributed by atoms with E-state index in [9.17, 15) is 23.7 Å². The predicted molar refractivity (Wildman–Crippen MR) is 73.4 cm³/mol. The lowest BCUT2D eigenvalue weighted by Crippen LogP contribution is -2.43. The second kappa shape index (κ2) is 9.05. The van der Waals surface area contributed by atoms with Gasteiger partial charge in [0.25, 0.3) is 0 Å². The van der Waals surface area contributed by atoms with Crippen molar-refractivity contribution >= 4 is 10.0 Å². The number of sulfonamides is 1. The van der Waals surface area contributed by atoms with Gasteiger partial charge < -0.3 is 34.6 Å². The third-order valence-electron chi connectivity index (χ3n) is 3.11. The second-order valence-electron chi connectivity index (χ2n) is 4.74. The lowest BCUT2D eigenvalue weighted by atomic mass is 10.1. The van der Waals surface area contributed by atoms with E-state index in [4.69, 9.17) is 19.3 Å². The maximum Gasteiger partial charge on any atom is 0.241 e. The maximum atomic E-state index is 12.0. The zero-order valence-corrected chi connectivity index (χ0v) is 13.0. The Morgan fingerprint density at radius 3 is 2.50 bits per heavy atom. The van der Waals surface area contributed by atoms with Crippen LogP contribution in [0.4, 0.5) is 0 Å². The first kappa shape index (κ1) is 19.7. The van der Waals surface area contributed by atoms with Crippen molar-refractivity contribution in [2.24, 2.45) is 0 Å². The van der Waals surface area contributed by atoms with Crippen LogP contribution in [0.25, 0.3) is 0 Å². The molecule has 5 atom stereocenters. The summed E-state index contributed by atoms with van der Waals surface area (Å²) in [5.41, 5.74) is -1.74. The third kappa shape index (κ3) is 5.08. The van der Waals surface area contributed by atoms with Crippen molar-refractivity contribution in [2.75, 3.05) is 40.1 Å². The van der Waals surface area contributed by atoms with Crippen LogP contribution in [0, 0.1) is 0 Å². The molecular weight excluding hydrogens is 322 g/mol. The van der Waals surface area contributed by atoms with Crippen LogP contribution in [0.3, 0.4) is 0 Å². The minimum atomic E-state index is -4.10. The Kier molecular flexibility index (Phi) is 8.10. The molecule has 1 fully saturated rings. The fourth-order valence-corrected chi connectivity index (χ4v) is 3.27. The summed E-state index contributed by atoms with van der Waals surface area (Å²) >= 11 is 0. The third-order valence-corrected chi connectivity index (χ3v) is 4.72. The lowest BCUT2D eigenvalue weighted by molar-refractivity contribution is -0.0721. The normalized spacial score (nSPS) is 30.6. The number of methoxy groups -OCH3 is 1. The molecule has 0 unspecified atom stereocenters. The first-order chi connectivity index (χ1) is 10.3. The van der Waals surface area contributed by atoms with Crippen molar-refractivity contribution in [3.63, 3.8) is 0 Å². The largest absolute Gasteiger partial charge is 0.394 e. The van der Waals surface area contributed by atoms with Gasteiger partial charge in [0.1, 0.15) is 24.4 Å². The van der Waals surface area contributed by atoms with E-state index in [0.717, 1.165) is 0 Å². The first-order valence-corrected chi connectivity index (χ1v) is 8.25. The van der Waals surface area contributed by atoms with Crippen LogP contribution >= 0.6 is 0 Å². The number of nitrogens with one attached hydrogen (secondary N) is 1. The molecule has 0 aliphatic carbocycles. The first-order valence-electron chi connectivity index (χ1n) is 6.70. The molecule has 0 bridgehead atoms. The summed E-state index contributed by atoms with van der Waals surface area (Å²) < 4.78 is 41.0. The van der Waals surface area contributed by atoms with E-state index in [1.54, 1.807) is 0 Å². The number of ether oxygens (including phenoxy) is 3. The van der Waals surface area contributed by atoms with Crippen LogP contribution in [0.5, 0.6) is 0 Å². The van der Waals surface area contributed by atoms with E-state index in [1.165, 1.54) is 7.11 Å². The average Bonchev–Trinajstić information content (AvgIpc) is 2.79. The highest BCUT2D eigenvalue weighted by Gasteiger charge is 2.51. The van der Waals surface area contributed by atoms with E-state index in [0.29, 0.717) is 13.2 Å². The summed E-state index contributed by atoms with van der Waals surface area (Å²) in [6.07, 6.45) is -6.25. The fraction of sp³-hybridized carbons (Fsp3) is 1.00. The second-order valence-corrected chi connectivity index (χ2v) is 6.59. The molecule has 1 saturated heterocycles. The number of aliphatic hydroxyl groups is 4. The molecule has 0 spiro atoms. The fourth-order valence-electron chi connectivity index (χ4n) is 1.93. The molecule has 0 aromatic rings. The van der Waals surface area contributed by atoms with Crippen LogP contribution < -0.4 is 4.72 Å². The number of aliphatic hydroxyl groups excluding tert-OH is 4. The van der Waals surface area contributed by atoms with Crippen LogP contribution in [0.15, 0.2) is 0 Å². The molecule has 1 heterocycles. The molecule has 0 radical (unpaired) electrons. The molecule has 0 aromatic heterocycles. The molecule has 0 aromatic carbocycles. The van der Waals surface area contributed by atoms with Crippen molar-refractivity contribution in [1.82, 2.24) is 4.72 Å². The zero-order valence-electron chi connectivity index (χ0n) is 12.2. The van der Waals surface area contributed by atoms with Gasteiger partial charge >= 0.3 is 0 Å². The van der Waals surface area contributed by atoms with Crippen molar-refractivity contribution in [3.05, 3.63) is 0 Å². The molecule has 0 amide bonds. The van der Waals surface area contributed by atoms with Crippen LogP contribution in [0.2, 0.25) is 0 Å². The topological polar surface area (TPSA) is 155 Å². The van der Waals surface area contributed by atoms with E-state index in [1.807, 2.05) is 0 Å². The Morgan fingerprint density at radius 1 is 1.23 bits per heavy atom. The van der Waals surface area contributed by atoms with E-state index in [2.05, 4.69) is 4.72 Å². The van der Waals surface area contributed by atoms with Crippen LogP contribution in [0.1, 0.15) is 0 Å². The van der Waals surface area contributed by atoms with Gasteiger partial charge in [0, 0.05) is 13.7 Å². The molecule has 1 aliphatic heterocycles. The number of hydrogen-bond donors (Lipinski definition) is 5. The van der Waals surface area contributed by atoms with Crippen molar-refractivity contribution in [3.8, 4) is 0 Å². The van der Waals surface area contributed by atoms with Gasteiger partial charge in [0.2, 0.25) is 15.5 Å². The Hall–Kier alpha value is -0.370. The van der Waals surface area contributed by atoms with Crippen LogP contribution in [-0.4, -0.2) is 98.8 Å². The van der Waals surface area contributed by atoms with Crippen LogP contribution in [-0.2, 0) is 24.2 Å². The zero-order chi connectivity index (χ0) is 16.8. The Balaban J connectivity index is 2.51. The van der Waals surface area contributed by atoms with Gasteiger partial charge in [-0.1, -0.05) is 0 Å². The minimum absolute atomic E-state index is 0.0536. The molecule has 1 aliphatic rings. The summed E-state index contributed by atoms with van der Waals surface area (Å²) in [4.78, 5) is 0. The summed E-state index contributed by atoms with van der Waals surface area (Å²) in [7, 11) is -2.59. The Labute approximate surface area is 128 Å². The number of hydrogen-bond acceptors (Lipinski definition) is 9. The van der Waals surface area contributed by atoms with Gasteiger partial charge in [0.05, 0.1) is 26.4 Å². The van der Waals surface area contributed by atoms with Gasteiger partial charge in [-0.05, 0) is 0 Å². The lowest BCUT2D eigenvalue weighted by Gasteiger charge is -2.18. The summed E-state index contributed by atoms with van der Waals surface area (Å²) in [5, 5.41) is 37.7. The summed E-state index contributed by atoms with van der Waals surface area (Å²) in [5.74, 6) is 0. The van der Waals surface area contributed by atoms with E-state index in [-0.39, 0.29) is 13.2 Å². The number of rotatable bonds is 10. The Morgan fingerprint density at radius 2 is 1.91 bits per heavy atom. The van der Waals surface area contributed by atoms with Gasteiger partial charge in [0.15, 0.2) is 0 Å². The van der Waals surface area contributed by atoms with Gasteiger partial charge in [-0.2, -0.15) is 0 Å². The minimum Gasteiger partial charge on any atom is -0.394 e. The SMILES string of the molecule is COCCOCCNS(=O)(=O)[C@@H]1O[C@@H]([C@H](O)CO)[C@H](O)[C@H]1O. The van der Waals surface area contributed by atoms with E-state index < -0.39 is 46.5 Å². The maximum absolute atomic E-state index is 12.0. The average molecular weight is 345 g/mol. The molecule has 5 N–H and O–H groups in total. The highest BCUT2D eigenvalue weighted by atomic mass is 32.2. The van der Waals surface area contributed by atoms with Gasteiger partial charge in [-0.15, -0.1) is 0 Å². The predicted octanol–water partition coefficient (Wildman–Crippen LogP) is -3.63. The molecule has 11 heteroatoms. The van der Waals surface area contributed by atoms with Crippen molar-refractivity contribution < 1.29 is 43.1 Å². The van der Waals surface area contributed by atoms with Crippen molar-refractivity contribution in [2.45, 2.75) is 29.9 Å². The summed E-state index contributed by atoms with van der Waals surface area (Å²) in [6, 6.07) is 0. The molecule has 22 heavy (non-hydrogen) atoms. The van der Waals surface area contributed by atoms with Gasteiger partial charge in [-0.25, -0.2) is 13.1 Å². The highest BCUT2D eigenvalue weighted by Crippen LogP contribution is 2.26. The van der Waals surface area contributed by atoms with Gasteiger partial charge in [-0.3, -0.25) is 0 Å².